The first kappa shape index (κ1) is 18.5. The summed E-state index contributed by atoms with van der Waals surface area (Å²) in [6.07, 6.45) is 1.84. The van der Waals surface area contributed by atoms with Crippen LogP contribution in [0.15, 0.2) is 75.8 Å². The van der Waals surface area contributed by atoms with Crippen molar-refractivity contribution in [2.45, 2.75) is 18.9 Å². The van der Waals surface area contributed by atoms with E-state index in [9.17, 15) is 9.59 Å². The number of furan rings is 1. The Morgan fingerprint density at radius 1 is 1.00 bits per heavy atom. The van der Waals surface area contributed by atoms with Gasteiger partial charge in [-0.25, -0.2) is 0 Å². The Balaban J connectivity index is 1.66. The second-order valence-electron chi connectivity index (χ2n) is 6.64. The molecule has 1 aromatic heterocycles. The fourth-order valence-electron chi connectivity index (χ4n) is 3.49. The number of anilines is 1. The Kier molecular flexibility index (Phi) is 5.30. The van der Waals surface area contributed by atoms with Crippen LogP contribution in [0.25, 0.3) is 0 Å². The highest BCUT2D eigenvalue weighted by atomic mass is 79.9. The first-order valence-electron chi connectivity index (χ1n) is 9.14. The van der Waals surface area contributed by atoms with E-state index in [0.29, 0.717) is 11.2 Å². The van der Waals surface area contributed by atoms with Crippen LogP contribution in [-0.2, 0) is 11.2 Å². The van der Waals surface area contributed by atoms with Gasteiger partial charge in [-0.05, 0) is 58.1 Å². The number of hydrogen-bond donors (Lipinski definition) is 1. The molecule has 0 saturated carbocycles. The number of aryl methyl sites for hydroxylation is 1. The molecule has 0 bridgehead atoms. The summed E-state index contributed by atoms with van der Waals surface area (Å²) in [6, 6.07) is 19.6. The van der Waals surface area contributed by atoms with E-state index in [1.165, 1.54) is 0 Å². The van der Waals surface area contributed by atoms with Gasteiger partial charge >= 0.3 is 0 Å². The zero-order valence-corrected chi connectivity index (χ0v) is 16.7. The SMILES string of the molecule is O=C(NC(C(=O)N1CCCc2ccccc21)c1ccccc1)c1ccc(Br)o1. The van der Waals surface area contributed by atoms with Crippen LogP contribution in [0.3, 0.4) is 0 Å². The molecule has 142 valence electrons. The highest BCUT2D eigenvalue weighted by molar-refractivity contribution is 9.10. The van der Waals surface area contributed by atoms with Crippen molar-refractivity contribution < 1.29 is 14.0 Å². The highest BCUT2D eigenvalue weighted by Gasteiger charge is 2.31. The molecular formula is C22H19BrN2O3. The second kappa shape index (κ2) is 8.02. The van der Waals surface area contributed by atoms with Crippen molar-refractivity contribution in [1.82, 2.24) is 5.32 Å². The van der Waals surface area contributed by atoms with Gasteiger partial charge in [0, 0.05) is 12.2 Å². The van der Waals surface area contributed by atoms with Gasteiger partial charge in [-0.3, -0.25) is 9.59 Å². The number of halogens is 1. The minimum atomic E-state index is -0.802. The monoisotopic (exact) mass is 438 g/mol. The molecule has 2 aromatic carbocycles. The molecule has 1 unspecified atom stereocenters. The van der Waals surface area contributed by atoms with Gasteiger partial charge in [-0.2, -0.15) is 0 Å². The molecule has 6 heteroatoms. The summed E-state index contributed by atoms with van der Waals surface area (Å²) in [7, 11) is 0. The van der Waals surface area contributed by atoms with Crippen LogP contribution in [-0.4, -0.2) is 18.4 Å². The minimum Gasteiger partial charge on any atom is -0.444 e. The Morgan fingerprint density at radius 2 is 1.75 bits per heavy atom. The molecule has 1 N–H and O–H groups in total. The van der Waals surface area contributed by atoms with Crippen molar-refractivity contribution in [3.8, 4) is 0 Å². The summed E-state index contributed by atoms with van der Waals surface area (Å²) in [5.41, 5.74) is 2.79. The molecule has 0 spiro atoms. The quantitative estimate of drug-likeness (QED) is 0.652. The van der Waals surface area contributed by atoms with Gasteiger partial charge < -0.3 is 14.6 Å². The first-order valence-corrected chi connectivity index (χ1v) is 9.93. The summed E-state index contributed by atoms with van der Waals surface area (Å²) in [5.74, 6) is -0.435. The standard InChI is InChI=1S/C22H19BrN2O3/c23-19-13-12-18(28-19)21(26)24-20(16-8-2-1-3-9-16)22(27)25-14-6-10-15-7-4-5-11-17(15)25/h1-5,7-9,11-13,20H,6,10,14H2,(H,24,26). The van der Waals surface area contributed by atoms with E-state index >= 15 is 0 Å². The molecule has 0 aliphatic carbocycles. The summed E-state index contributed by atoms with van der Waals surface area (Å²) in [4.78, 5) is 28.0. The number of nitrogens with zero attached hydrogens (tertiary/aromatic N) is 1. The molecule has 1 atom stereocenters. The average Bonchev–Trinajstić information content (AvgIpc) is 3.18. The third-order valence-corrected chi connectivity index (χ3v) is 5.25. The Hall–Kier alpha value is -2.86. The molecule has 0 radical (unpaired) electrons. The van der Waals surface area contributed by atoms with Crippen LogP contribution in [0.1, 0.15) is 34.1 Å². The van der Waals surface area contributed by atoms with Crippen LogP contribution in [0.5, 0.6) is 0 Å². The minimum absolute atomic E-state index is 0.152. The maximum absolute atomic E-state index is 13.5. The van der Waals surface area contributed by atoms with Gasteiger partial charge in [0.25, 0.3) is 11.8 Å². The smallest absolute Gasteiger partial charge is 0.287 e. The van der Waals surface area contributed by atoms with E-state index < -0.39 is 11.9 Å². The summed E-state index contributed by atoms with van der Waals surface area (Å²) < 4.78 is 5.81. The van der Waals surface area contributed by atoms with E-state index in [1.54, 1.807) is 17.0 Å². The maximum atomic E-state index is 13.5. The molecule has 2 amide bonds. The molecule has 3 aromatic rings. The Bertz CT molecular complexity index is 1000. The van der Waals surface area contributed by atoms with Crippen LogP contribution in [0.2, 0.25) is 0 Å². The van der Waals surface area contributed by atoms with E-state index in [1.807, 2.05) is 54.6 Å². The predicted molar refractivity (Wildman–Crippen MR) is 110 cm³/mol. The topological polar surface area (TPSA) is 62.6 Å². The summed E-state index contributed by atoms with van der Waals surface area (Å²) >= 11 is 3.20. The number of amides is 2. The summed E-state index contributed by atoms with van der Waals surface area (Å²) in [6.45, 7) is 0.626. The van der Waals surface area contributed by atoms with E-state index in [-0.39, 0.29) is 11.7 Å². The molecule has 1 aliphatic heterocycles. The van der Waals surface area contributed by atoms with Gasteiger partial charge in [0.05, 0.1) is 0 Å². The number of carbonyl (C=O) groups is 2. The molecule has 4 rings (SSSR count). The van der Waals surface area contributed by atoms with Crippen LogP contribution >= 0.6 is 15.9 Å². The van der Waals surface area contributed by atoms with E-state index in [2.05, 4.69) is 21.2 Å². The molecular weight excluding hydrogens is 420 g/mol. The zero-order chi connectivity index (χ0) is 19.5. The van der Waals surface area contributed by atoms with Gasteiger partial charge in [-0.15, -0.1) is 0 Å². The second-order valence-corrected chi connectivity index (χ2v) is 7.42. The first-order chi connectivity index (χ1) is 13.6. The van der Waals surface area contributed by atoms with Gasteiger partial charge in [0.2, 0.25) is 0 Å². The molecule has 2 heterocycles. The molecule has 5 nitrogen and oxygen atoms in total. The molecule has 0 fully saturated rings. The number of carbonyl (C=O) groups excluding carboxylic acids is 2. The van der Waals surface area contributed by atoms with Crippen LogP contribution in [0.4, 0.5) is 5.69 Å². The van der Waals surface area contributed by atoms with Crippen molar-refractivity contribution in [2.24, 2.45) is 0 Å². The van der Waals surface area contributed by atoms with Crippen molar-refractivity contribution in [1.29, 1.82) is 0 Å². The van der Waals surface area contributed by atoms with Gasteiger partial charge in [0.1, 0.15) is 6.04 Å². The van der Waals surface area contributed by atoms with Crippen molar-refractivity contribution >= 4 is 33.4 Å². The normalized spacial score (nSPS) is 14.2. The van der Waals surface area contributed by atoms with Crippen molar-refractivity contribution in [2.75, 3.05) is 11.4 Å². The molecule has 0 saturated heterocycles. The molecule has 1 aliphatic rings. The van der Waals surface area contributed by atoms with E-state index in [4.69, 9.17) is 4.42 Å². The van der Waals surface area contributed by atoms with Crippen molar-refractivity contribution in [3.63, 3.8) is 0 Å². The summed E-state index contributed by atoms with van der Waals surface area (Å²) in [5, 5.41) is 2.85. The number of nitrogens with one attached hydrogen (secondary N) is 1. The lowest BCUT2D eigenvalue weighted by atomic mass is 9.99. The molecule has 28 heavy (non-hydrogen) atoms. The van der Waals surface area contributed by atoms with Crippen molar-refractivity contribution in [3.05, 3.63) is 88.3 Å². The van der Waals surface area contributed by atoms with E-state index in [0.717, 1.165) is 29.7 Å². The lowest BCUT2D eigenvalue weighted by Gasteiger charge is -2.32. The number of benzene rings is 2. The number of rotatable bonds is 4. The largest absolute Gasteiger partial charge is 0.444 e. The lowest BCUT2D eigenvalue weighted by molar-refractivity contribution is -0.120. The fraction of sp³-hybridized carbons (Fsp3) is 0.182. The third-order valence-electron chi connectivity index (χ3n) is 4.83. The fourth-order valence-corrected chi connectivity index (χ4v) is 3.80. The number of hydrogen-bond acceptors (Lipinski definition) is 3. The predicted octanol–water partition coefficient (Wildman–Crippen LogP) is 4.49. The highest BCUT2D eigenvalue weighted by Crippen LogP contribution is 2.29. The number of para-hydroxylation sites is 1. The average molecular weight is 439 g/mol. The van der Waals surface area contributed by atoms with Crippen LogP contribution < -0.4 is 10.2 Å². The lowest BCUT2D eigenvalue weighted by Crippen LogP contribution is -2.45. The maximum Gasteiger partial charge on any atom is 0.287 e. The van der Waals surface area contributed by atoms with Gasteiger partial charge in [0.15, 0.2) is 10.4 Å². The number of fused-ring (bicyclic) bond motifs is 1. The third kappa shape index (κ3) is 3.73. The Morgan fingerprint density at radius 3 is 2.50 bits per heavy atom. The van der Waals surface area contributed by atoms with Gasteiger partial charge in [-0.1, -0.05) is 48.5 Å². The Labute approximate surface area is 171 Å². The zero-order valence-electron chi connectivity index (χ0n) is 15.1. The van der Waals surface area contributed by atoms with Crippen LogP contribution in [0, 0.1) is 0 Å².